The monoisotopic (exact) mass is 263 g/mol. The van der Waals surface area contributed by atoms with Gasteiger partial charge >= 0.3 is 0 Å². The molecule has 3 heteroatoms. The third-order valence-corrected chi connectivity index (χ3v) is 3.53. The molecule has 19 heavy (non-hydrogen) atoms. The van der Waals surface area contributed by atoms with E-state index in [1.165, 1.54) is 0 Å². The van der Waals surface area contributed by atoms with E-state index in [4.69, 9.17) is 5.11 Å². The number of aliphatic hydroxyl groups is 1. The molecule has 0 fully saturated rings. The van der Waals surface area contributed by atoms with E-state index >= 15 is 0 Å². The first-order chi connectivity index (χ1) is 9.12. The molecule has 0 aliphatic rings. The molecule has 1 aromatic carbocycles. The van der Waals surface area contributed by atoms with Crippen molar-refractivity contribution in [3.05, 3.63) is 35.4 Å². The van der Waals surface area contributed by atoms with Crippen LogP contribution in [0.25, 0.3) is 0 Å². The van der Waals surface area contributed by atoms with Crippen LogP contribution in [0.4, 0.5) is 0 Å². The fourth-order valence-corrected chi connectivity index (χ4v) is 2.42. The second-order valence-electron chi connectivity index (χ2n) is 4.96. The van der Waals surface area contributed by atoms with Crippen molar-refractivity contribution < 1.29 is 9.90 Å². The van der Waals surface area contributed by atoms with E-state index in [0.717, 1.165) is 24.0 Å². The molecule has 0 saturated carbocycles. The van der Waals surface area contributed by atoms with Gasteiger partial charge < -0.3 is 5.11 Å². The Hall–Kier alpha value is -1.19. The van der Waals surface area contributed by atoms with Gasteiger partial charge in [0.2, 0.25) is 0 Å². The molecule has 0 atom stereocenters. The van der Waals surface area contributed by atoms with Crippen LogP contribution < -0.4 is 0 Å². The minimum atomic E-state index is 0.0948. The molecule has 0 amide bonds. The maximum absolute atomic E-state index is 12.3. The highest BCUT2D eigenvalue weighted by atomic mass is 16.3. The van der Waals surface area contributed by atoms with E-state index in [9.17, 15) is 4.79 Å². The molecule has 0 spiro atoms. The smallest absolute Gasteiger partial charge is 0.176 e. The Morgan fingerprint density at radius 1 is 1.32 bits per heavy atom. The van der Waals surface area contributed by atoms with Crippen molar-refractivity contribution in [2.24, 2.45) is 0 Å². The topological polar surface area (TPSA) is 40.5 Å². The fourth-order valence-electron chi connectivity index (χ4n) is 2.42. The Balaban J connectivity index is 2.75. The first-order valence-electron chi connectivity index (χ1n) is 7.07. The van der Waals surface area contributed by atoms with Gasteiger partial charge in [0.1, 0.15) is 0 Å². The summed E-state index contributed by atoms with van der Waals surface area (Å²) in [5.41, 5.74) is 1.86. The zero-order valence-corrected chi connectivity index (χ0v) is 12.2. The Morgan fingerprint density at radius 2 is 2.00 bits per heavy atom. The fraction of sp³-hybridized carbons (Fsp3) is 0.562. The molecule has 1 rings (SSSR count). The van der Waals surface area contributed by atoms with Gasteiger partial charge in [0, 0.05) is 18.2 Å². The van der Waals surface area contributed by atoms with E-state index in [1.54, 1.807) is 0 Å². The number of Topliss-reactive ketones (excluding diaryl/α,β-unsaturated/α-hetero) is 1. The number of aryl methyl sites for hydroxylation is 1. The number of benzene rings is 1. The summed E-state index contributed by atoms with van der Waals surface area (Å²) in [7, 11) is 0. The normalized spacial score (nSPS) is 11.3. The molecule has 0 aromatic heterocycles. The first-order valence-corrected chi connectivity index (χ1v) is 7.07. The molecular weight excluding hydrogens is 238 g/mol. The number of ketones is 1. The third kappa shape index (κ3) is 4.77. The van der Waals surface area contributed by atoms with Crippen molar-refractivity contribution in [2.75, 3.05) is 19.7 Å². The summed E-state index contributed by atoms with van der Waals surface area (Å²) < 4.78 is 0. The van der Waals surface area contributed by atoms with Crippen LogP contribution in [0.5, 0.6) is 0 Å². The Bertz CT molecular complexity index is 399. The molecule has 0 saturated heterocycles. The number of nitrogens with zero attached hydrogens (tertiary/aromatic N) is 1. The predicted octanol–water partition coefficient (Wildman–Crippen LogP) is 2.66. The number of carbonyl (C=O) groups excluding carboxylic acids is 1. The molecule has 3 nitrogen and oxygen atoms in total. The lowest BCUT2D eigenvalue weighted by molar-refractivity contribution is 0.0850. The van der Waals surface area contributed by atoms with Gasteiger partial charge in [0.25, 0.3) is 0 Å². The number of carbonyl (C=O) groups is 1. The summed E-state index contributed by atoms with van der Waals surface area (Å²) in [6, 6.07) is 8.05. The van der Waals surface area contributed by atoms with Gasteiger partial charge in [-0.15, -0.1) is 0 Å². The van der Waals surface area contributed by atoms with Gasteiger partial charge in [-0.3, -0.25) is 9.69 Å². The average molecular weight is 263 g/mol. The van der Waals surface area contributed by atoms with Crippen LogP contribution in [0.2, 0.25) is 0 Å². The lowest BCUT2D eigenvalue weighted by Crippen LogP contribution is -2.40. The second kappa shape index (κ2) is 8.08. The second-order valence-corrected chi connectivity index (χ2v) is 4.96. The maximum atomic E-state index is 12.3. The molecule has 0 aliphatic carbocycles. The summed E-state index contributed by atoms with van der Waals surface area (Å²) >= 11 is 0. The Morgan fingerprint density at radius 3 is 2.53 bits per heavy atom. The Labute approximate surface area is 116 Å². The molecular formula is C16H25NO2. The first kappa shape index (κ1) is 15.9. The highest BCUT2D eigenvalue weighted by Gasteiger charge is 2.18. The quantitative estimate of drug-likeness (QED) is 0.733. The van der Waals surface area contributed by atoms with Crippen molar-refractivity contribution in [1.82, 2.24) is 4.90 Å². The molecule has 0 heterocycles. The van der Waals surface area contributed by atoms with Crippen molar-refractivity contribution in [2.45, 2.75) is 39.7 Å². The van der Waals surface area contributed by atoms with Crippen LogP contribution in [-0.2, 0) is 0 Å². The number of rotatable bonds is 8. The van der Waals surface area contributed by atoms with Crippen LogP contribution >= 0.6 is 0 Å². The highest BCUT2D eigenvalue weighted by molar-refractivity contribution is 5.97. The summed E-state index contributed by atoms with van der Waals surface area (Å²) in [5, 5.41) is 9.15. The number of hydrogen-bond acceptors (Lipinski definition) is 3. The van der Waals surface area contributed by atoms with Gasteiger partial charge in [-0.2, -0.15) is 0 Å². The summed E-state index contributed by atoms with van der Waals surface area (Å²) in [4.78, 5) is 14.4. The minimum Gasteiger partial charge on any atom is -0.395 e. The maximum Gasteiger partial charge on any atom is 0.176 e. The minimum absolute atomic E-state index is 0.0948. The molecule has 1 aromatic rings. The van der Waals surface area contributed by atoms with E-state index in [1.807, 2.05) is 31.2 Å². The Kier molecular flexibility index (Phi) is 6.74. The van der Waals surface area contributed by atoms with Crippen LogP contribution in [0, 0.1) is 6.92 Å². The third-order valence-electron chi connectivity index (χ3n) is 3.53. The standard InChI is InChI=1S/C16H25NO2/c1-4-15(5-2)17(9-10-18)12-16(19)14-8-6-7-13(3)11-14/h6-8,11,15,18H,4-5,9-10,12H2,1-3H3. The van der Waals surface area contributed by atoms with Crippen LogP contribution in [0.3, 0.4) is 0 Å². The van der Waals surface area contributed by atoms with Crippen molar-refractivity contribution >= 4 is 5.78 Å². The predicted molar refractivity (Wildman–Crippen MR) is 78.5 cm³/mol. The van der Waals surface area contributed by atoms with E-state index in [0.29, 0.717) is 19.1 Å². The highest BCUT2D eigenvalue weighted by Crippen LogP contribution is 2.11. The van der Waals surface area contributed by atoms with Crippen molar-refractivity contribution in [1.29, 1.82) is 0 Å². The molecule has 0 aliphatic heterocycles. The summed E-state index contributed by atoms with van der Waals surface area (Å²) in [5.74, 6) is 0.129. The van der Waals surface area contributed by atoms with E-state index in [-0.39, 0.29) is 12.4 Å². The van der Waals surface area contributed by atoms with Crippen molar-refractivity contribution in [3.63, 3.8) is 0 Å². The molecule has 1 N–H and O–H groups in total. The molecule has 0 radical (unpaired) electrons. The SMILES string of the molecule is CCC(CC)N(CCO)CC(=O)c1cccc(C)c1. The van der Waals surface area contributed by atoms with Gasteiger partial charge in [-0.1, -0.05) is 37.6 Å². The molecule has 106 valence electrons. The van der Waals surface area contributed by atoms with Gasteiger partial charge in [0.05, 0.1) is 13.2 Å². The zero-order chi connectivity index (χ0) is 14.3. The van der Waals surface area contributed by atoms with Crippen LogP contribution in [-0.4, -0.2) is 41.5 Å². The van der Waals surface area contributed by atoms with Gasteiger partial charge in [-0.25, -0.2) is 0 Å². The summed E-state index contributed by atoms with van der Waals surface area (Å²) in [6.45, 7) is 7.27. The van der Waals surface area contributed by atoms with Crippen LogP contribution in [0.1, 0.15) is 42.6 Å². The van der Waals surface area contributed by atoms with Gasteiger partial charge in [-0.05, 0) is 25.8 Å². The lowest BCUT2D eigenvalue weighted by Gasteiger charge is -2.29. The molecule has 0 unspecified atom stereocenters. The average Bonchev–Trinajstić information content (AvgIpc) is 2.40. The van der Waals surface area contributed by atoms with E-state index < -0.39 is 0 Å². The van der Waals surface area contributed by atoms with Crippen molar-refractivity contribution in [3.8, 4) is 0 Å². The largest absolute Gasteiger partial charge is 0.395 e. The number of hydrogen-bond donors (Lipinski definition) is 1. The van der Waals surface area contributed by atoms with Crippen LogP contribution in [0.15, 0.2) is 24.3 Å². The number of aliphatic hydroxyl groups excluding tert-OH is 1. The summed E-state index contributed by atoms with van der Waals surface area (Å²) in [6.07, 6.45) is 2.00. The van der Waals surface area contributed by atoms with E-state index in [2.05, 4.69) is 18.7 Å². The lowest BCUT2D eigenvalue weighted by atomic mass is 10.1. The van der Waals surface area contributed by atoms with Gasteiger partial charge in [0.15, 0.2) is 5.78 Å². The molecule has 0 bridgehead atoms. The zero-order valence-electron chi connectivity index (χ0n) is 12.2.